The quantitative estimate of drug-likeness (QED) is 0.833. The first-order chi connectivity index (χ1) is 9.63. The van der Waals surface area contributed by atoms with Crippen molar-refractivity contribution in [2.24, 2.45) is 5.92 Å². The molecule has 1 unspecified atom stereocenters. The molecule has 0 saturated heterocycles. The lowest BCUT2D eigenvalue weighted by Crippen LogP contribution is -2.25. The molecule has 1 atom stereocenters. The Kier molecular flexibility index (Phi) is 4.01. The molecule has 0 amide bonds. The molecule has 0 saturated carbocycles. The monoisotopic (exact) mass is 268 g/mol. The van der Waals surface area contributed by atoms with Crippen molar-refractivity contribution in [3.05, 3.63) is 30.6 Å². The molecular formula is C14H12N4O2. The number of rotatable bonds is 5. The number of para-hydroxylation sites is 1. The molecule has 0 bridgehead atoms. The highest BCUT2D eigenvalue weighted by Crippen LogP contribution is 2.20. The van der Waals surface area contributed by atoms with Crippen LogP contribution in [0, 0.1) is 22.7 Å². The predicted molar refractivity (Wildman–Crippen MR) is 72.5 cm³/mol. The van der Waals surface area contributed by atoms with E-state index in [0.717, 1.165) is 0 Å². The summed E-state index contributed by atoms with van der Waals surface area (Å²) >= 11 is 0. The molecule has 6 heteroatoms. The molecule has 100 valence electrons. The van der Waals surface area contributed by atoms with Crippen molar-refractivity contribution in [2.75, 3.05) is 6.61 Å². The van der Waals surface area contributed by atoms with Crippen LogP contribution in [0.2, 0.25) is 0 Å². The summed E-state index contributed by atoms with van der Waals surface area (Å²) in [6.45, 7) is 1.13. The third-order valence-corrected chi connectivity index (χ3v) is 2.74. The van der Waals surface area contributed by atoms with Crippen molar-refractivity contribution in [2.45, 2.75) is 6.92 Å². The first kappa shape index (κ1) is 13.6. The molecule has 1 aromatic heterocycles. The third-order valence-electron chi connectivity index (χ3n) is 2.74. The van der Waals surface area contributed by atoms with Crippen LogP contribution >= 0.6 is 0 Å². The summed E-state index contributed by atoms with van der Waals surface area (Å²) < 4.78 is 5.37. The van der Waals surface area contributed by atoms with E-state index in [2.05, 4.69) is 9.97 Å². The highest BCUT2D eigenvalue weighted by Gasteiger charge is 2.21. The number of hydrogen-bond acceptors (Lipinski definition) is 6. The molecule has 6 nitrogen and oxygen atoms in total. The summed E-state index contributed by atoms with van der Waals surface area (Å²) in [7, 11) is 0. The van der Waals surface area contributed by atoms with E-state index in [0.29, 0.717) is 16.8 Å². The van der Waals surface area contributed by atoms with Crippen LogP contribution in [0.5, 0.6) is 5.88 Å². The van der Waals surface area contributed by atoms with Crippen LogP contribution in [0.1, 0.15) is 6.92 Å². The zero-order valence-corrected chi connectivity index (χ0v) is 10.8. The fraction of sp³-hybridized carbons (Fsp3) is 0.214. The van der Waals surface area contributed by atoms with Crippen LogP contribution in [0.4, 0.5) is 0 Å². The maximum atomic E-state index is 11.8. The second kappa shape index (κ2) is 5.89. The number of ether oxygens (including phenoxy) is 1. The first-order valence-electron chi connectivity index (χ1n) is 5.93. The van der Waals surface area contributed by atoms with Gasteiger partial charge in [-0.25, -0.2) is 9.97 Å². The number of nitriles is 1. The molecule has 0 aliphatic rings. The minimum Gasteiger partial charge on any atom is -0.469 e. The molecule has 0 aliphatic carbocycles. The van der Waals surface area contributed by atoms with Crippen molar-refractivity contribution in [1.82, 2.24) is 9.97 Å². The third kappa shape index (κ3) is 2.78. The van der Waals surface area contributed by atoms with Gasteiger partial charge in [-0.15, -0.1) is 0 Å². The Bertz CT molecular complexity index is 700. The van der Waals surface area contributed by atoms with E-state index in [4.69, 9.17) is 15.4 Å². The highest BCUT2D eigenvalue weighted by atomic mass is 16.5. The van der Waals surface area contributed by atoms with Crippen LogP contribution in [0.15, 0.2) is 30.6 Å². The Morgan fingerprint density at radius 3 is 2.90 bits per heavy atom. The molecule has 0 spiro atoms. The van der Waals surface area contributed by atoms with Gasteiger partial charge in [0.15, 0.2) is 5.78 Å². The SMILES string of the molecule is CC(=N)C(C#N)C(=O)COc1ncnc2ccccc12. The predicted octanol–water partition coefficient (Wildman–Crippen LogP) is 1.76. The van der Waals surface area contributed by atoms with Gasteiger partial charge >= 0.3 is 0 Å². The number of nitrogens with zero attached hydrogens (tertiary/aromatic N) is 3. The summed E-state index contributed by atoms with van der Waals surface area (Å²) in [6, 6.07) is 9.05. The summed E-state index contributed by atoms with van der Waals surface area (Å²) in [5.41, 5.74) is 0.721. The van der Waals surface area contributed by atoms with Crippen molar-refractivity contribution in [1.29, 1.82) is 10.7 Å². The van der Waals surface area contributed by atoms with Gasteiger partial charge in [0.2, 0.25) is 5.88 Å². The van der Waals surface area contributed by atoms with E-state index in [1.54, 1.807) is 12.1 Å². The number of carbonyl (C=O) groups is 1. The summed E-state index contributed by atoms with van der Waals surface area (Å²) in [5.74, 6) is -1.23. The Balaban J connectivity index is 2.16. The van der Waals surface area contributed by atoms with Gasteiger partial charge in [0, 0.05) is 5.71 Å². The van der Waals surface area contributed by atoms with Crippen molar-refractivity contribution in [3.63, 3.8) is 0 Å². The second-order valence-electron chi connectivity index (χ2n) is 4.20. The zero-order chi connectivity index (χ0) is 14.5. The molecule has 2 aromatic rings. The molecule has 2 rings (SSSR count). The Morgan fingerprint density at radius 1 is 1.45 bits per heavy atom. The van der Waals surface area contributed by atoms with Crippen molar-refractivity contribution < 1.29 is 9.53 Å². The molecule has 1 aromatic carbocycles. The first-order valence-corrected chi connectivity index (χ1v) is 5.93. The van der Waals surface area contributed by atoms with Gasteiger partial charge in [0.05, 0.1) is 17.0 Å². The van der Waals surface area contributed by atoms with Gasteiger partial charge in [-0.3, -0.25) is 4.79 Å². The van der Waals surface area contributed by atoms with E-state index in [1.165, 1.54) is 13.3 Å². The lowest BCUT2D eigenvalue weighted by atomic mass is 10.0. The number of aromatic nitrogens is 2. The van der Waals surface area contributed by atoms with E-state index >= 15 is 0 Å². The number of fused-ring (bicyclic) bond motifs is 1. The average molecular weight is 268 g/mol. The fourth-order valence-corrected chi connectivity index (χ4v) is 1.73. The topological polar surface area (TPSA) is 99.7 Å². The van der Waals surface area contributed by atoms with E-state index in [1.807, 2.05) is 18.2 Å². The number of nitrogens with one attached hydrogen (secondary N) is 1. The zero-order valence-electron chi connectivity index (χ0n) is 10.8. The van der Waals surface area contributed by atoms with Crippen LogP contribution in [0.25, 0.3) is 10.9 Å². The number of hydrogen-bond donors (Lipinski definition) is 1. The van der Waals surface area contributed by atoms with Gasteiger partial charge < -0.3 is 10.1 Å². The molecule has 1 heterocycles. The molecule has 1 N–H and O–H groups in total. The maximum absolute atomic E-state index is 11.8. The van der Waals surface area contributed by atoms with Gasteiger partial charge in [-0.1, -0.05) is 12.1 Å². The fourth-order valence-electron chi connectivity index (χ4n) is 1.73. The molecular weight excluding hydrogens is 256 g/mol. The normalized spacial score (nSPS) is 11.6. The van der Waals surface area contributed by atoms with Gasteiger partial charge in [0.1, 0.15) is 18.9 Å². The standard InChI is InChI=1S/C14H12N4O2/c1-9(16)11(6-15)13(19)7-20-14-10-4-2-3-5-12(10)17-8-18-14/h2-5,8,11,16H,7H2,1H3. The van der Waals surface area contributed by atoms with E-state index in [-0.39, 0.29) is 12.3 Å². The Morgan fingerprint density at radius 2 is 2.20 bits per heavy atom. The highest BCUT2D eigenvalue weighted by molar-refractivity contribution is 6.05. The number of Topliss-reactive ketones (excluding diaryl/α,β-unsaturated/α-hetero) is 1. The summed E-state index contributed by atoms with van der Waals surface area (Å²) in [6.07, 6.45) is 1.35. The van der Waals surface area contributed by atoms with Crippen LogP contribution < -0.4 is 4.74 Å². The number of benzene rings is 1. The van der Waals surface area contributed by atoms with Gasteiger partial charge in [0.25, 0.3) is 0 Å². The minimum absolute atomic E-state index is 0.00801. The number of ketones is 1. The molecule has 0 aliphatic heterocycles. The van der Waals surface area contributed by atoms with Crippen molar-refractivity contribution in [3.8, 4) is 11.9 Å². The maximum Gasteiger partial charge on any atom is 0.224 e. The minimum atomic E-state index is -1.07. The smallest absolute Gasteiger partial charge is 0.224 e. The van der Waals surface area contributed by atoms with Gasteiger partial charge in [-0.05, 0) is 19.1 Å². The molecule has 0 radical (unpaired) electrons. The average Bonchev–Trinajstić information content (AvgIpc) is 2.45. The van der Waals surface area contributed by atoms with E-state index < -0.39 is 11.7 Å². The van der Waals surface area contributed by atoms with Crippen LogP contribution in [-0.4, -0.2) is 28.1 Å². The summed E-state index contributed by atoms with van der Waals surface area (Å²) in [5, 5.41) is 16.9. The lowest BCUT2D eigenvalue weighted by Gasteiger charge is -2.09. The number of carbonyl (C=O) groups excluding carboxylic acids is 1. The Hall–Kier alpha value is -2.81. The lowest BCUT2D eigenvalue weighted by molar-refractivity contribution is -0.121. The Labute approximate surface area is 115 Å². The van der Waals surface area contributed by atoms with E-state index in [9.17, 15) is 4.79 Å². The van der Waals surface area contributed by atoms with Crippen LogP contribution in [-0.2, 0) is 4.79 Å². The molecule has 0 fully saturated rings. The second-order valence-corrected chi connectivity index (χ2v) is 4.20. The van der Waals surface area contributed by atoms with Crippen molar-refractivity contribution >= 4 is 22.4 Å². The molecule has 20 heavy (non-hydrogen) atoms. The van der Waals surface area contributed by atoms with Crippen LogP contribution in [0.3, 0.4) is 0 Å². The summed E-state index contributed by atoms with van der Waals surface area (Å²) in [4.78, 5) is 19.9. The largest absolute Gasteiger partial charge is 0.469 e. The van der Waals surface area contributed by atoms with Gasteiger partial charge in [-0.2, -0.15) is 5.26 Å².